The monoisotopic (exact) mass is 397 g/mol. The van der Waals surface area contributed by atoms with Gasteiger partial charge in [-0.3, -0.25) is 19.5 Å². The number of benzene rings is 1. The first kappa shape index (κ1) is 20.0. The molecule has 0 amide bonds. The number of esters is 1. The van der Waals surface area contributed by atoms with Crippen molar-refractivity contribution in [2.45, 2.75) is 27.7 Å². The molecule has 150 valence electrons. The Morgan fingerprint density at radius 2 is 1.90 bits per heavy atom. The predicted molar refractivity (Wildman–Crippen MR) is 102 cm³/mol. The fraction of sp³-hybridized carbons (Fsp3) is 0.250. The molecule has 0 spiro atoms. The van der Waals surface area contributed by atoms with E-state index in [1.165, 1.54) is 25.1 Å². The minimum Gasteiger partial charge on any atom is -0.454 e. The average molecular weight is 397 g/mol. The van der Waals surface area contributed by atoms with Crippen LogP contribution < -0.4 is 0 Å². The van der Waals surface area contributed by atoms with Crippen molar-refractivity contribution in [2.24, 2.45) is 0 Å². The highest BCUT2D eigenvalue weighted by Crippen LogP contribution is 2.23. The number of carbonyl (C=O) groups excluding carboxylic acids is 2. The molecular formula is C20H19N3O6. The molecule has 3 rings (SSSR count). The molecule has 0 unspecified atom stereocenters. The SMILES string of the molecule is Cc1cc(-n2c(C)cc(C(=O)COC(=O)c3cccc([N+](=O)[O-])c3C)c2C)no1. The van der Waals surface area contributed by atoms with Crippen molar-refractivity contribution in [3.63, 3.8) is 0 Å². The minimum absolute atomic E-state index is 0.0514. The van der Waals surface area contributed by atoms with E-state index in [0.717, 1.165) is 5.69 Å². The summed E-state index contributed by atoms with van der Waals surface area (Å²) in [5.41, 5.74) is 1.87. The Kier molecular flexibility index (Phi) is 5.31. The van der Waals surface area contributed by atoms with Gasteiger partial charge in [-0.15, -0.1) is 0 Å². The van der Waals surface area contributed by atoms with Gasteiger partial charge in [0.1, 0.15) is 5.76 Å². The van der Waals surface area contributed by atoms with Crippen LogP contribution in [0, 0.1) is 37.8 Å². The van der Waals surface area contributed by atoms with E-state index in [4.69, 9.17) is 9.26 Å². The zero-order valence-electron chi connectivity index (χ0n) is 16.4. The summed E-state index contributed by atoms with van der Waals surface area (Å²) in [6, 6.07) is 7.57. The summed E-state index contributed by atoms with van der Waals surface area (Å²) < 4.78 is 12.0. The molecule has 0 atom stereocenters. The molecule has 1 aromatic carbocycles. The number of hydrogen-bond acceptors (Lipinski definition) is 7. The van der Waals surface area contributed by atoms with E-state index < -0.39 is 17.5 Å². The molecule has 2 aromatic heterocycles. The zero-order valence-corrected chi connectivity index (χ0v) is 16.4. The first-order valence-electron chi connectivity index (χ1n) is 8.77. The Balaban J connectivity index is 1.78. The molecule has 0 N–H and O–H groups in total. The first-order chi connectivity index (χ1) is 13.7. The molecule has 0 aliphatic heterocycles. The molecule has 0 fully saturated rings. The molecule has 0 radical (unpaired) electrons. The number of carbonyl (C=O) groups is 2. The topological polar surface area (TPSA) is 117 Å². The van der Waals surface area contributed by atoms with Crippen LogP contribution in [0.3, 0.4) is 0 Å². The van der Waals surface area contributed by atoms with Crippen LogP contribution >= 0.6 is 0 Å². The average Bonchev–Trinajstić information content (AvgIpc) is 3.21. The van der Waals surface area contributed by atoms with E-state index in [-0.39, 0.29) is 22.6 Å². The van der Waals surface area contributed by atoms with Crippen LogP contribution in [0.15, 0.2) is 34.9 Å². The molecule has 2 heterocycles. The van der Waals surface area contributed by atoms with Gasteiger partial charge in [-0.25, -0.2) is 4.79 Å². The zero-order chi connectivity index (χ0) is 21.3. The lowest BCUT2D eigenvalue weighted by molar-refractivity contribution is -0.385. The second kappa shape index (κ2) is 7.70. The number of aryl methyl sites for hydroxylation is 2. The van der Waals surface area contributed by atoms with Gasteiger partial charge in [0.15, 0.2) is 12.4 Å². The number of hydrogen-bond donors (Lipinski definition) is 0. The molecule has 9 heteroatoms. The summed E-state index contributed by atoms with van der Waals surface area (Å²) in [6.07, 6.45) is 0. The number of aromatic nitrogens is 2. The molecule has 0 saturated carbocycles. The van der Waals surface area contributed by atoms with Crippen molar-refractivity contribution < 1.29 is 23.8 Å². The molecule has 0 aliphatic carbocycles. The van der Waals surface area contributed by atoms with Gasteiger partial charge in [-0.1, -0.05) is 11.2 Å². The summed E-state index contributed by atoms with van der Waals surface area (Å²) >= 11 is 0. The number of nitro benzene ring substituents is 1. The number of Topliss-reactive ketones (excluding diaryl/α,β-unsaturated/α-hetero) is 1. The quantitative estimate of drug-likeness (QED) is 0.270. The van der Waals surface area contributed by atoms with Crippen LogP contribution in [0.5, 0.6) is 0 Å². The Morgan fingerprint density at radius 1 is 1.17 bits per heavy atom. The van der Waals surface area contributed by atoms with Crippen molar-refractivity contribution in [1.29, 1.82) is 0 Å². The third-order valence-electron chi connectivity index (χ3n) is 4.63. The molecule has 0 saturated heterocycles. The van der Waals surface area contributed by atoms with Crippen LogP contribution in [-0.2, 0) is 4.74 Å². The minimum atomic E-state index is -0.791. The van der Waals surface area contributed by atoms with Gasteiger partial charge in [-0.05, 0) is 39.8 Å². The van der Waals surface area contributed by atoms with E-state index in [2.05, 4.69) is 5.16 Å². The second-order valence-electron chi connectivity index (χ2n) is 6.62. The number of rotatable bonds is 6. The van der Waals surface area contributed by atoms with Crippen LogP contribution in [-0.4, -0.2) is 33.0 Å². The van der Waals surface area contributed by atoms with Crippen LogP contribution in [0.25, 0.3) is 5.82 Å². The van der Waals surface area contributed by atoms with Crippen molar-refractivity contribution in [3.05, 3.63) is 74.3 Å². The summed E-state index contributed by atoms with van der Waals surface area (Å²) in [4.78, 5) is 35.4. The van der Waals surface area contributed by atoms with Crippen LogP contribution in [0.1, 0.15) is 43.4 Å². The van der Waals surface area contributed by atoms with Crippen LogP contribution in [0.4, 0.5) is 5.69 Å². The van der Waals surface area contributed by atoms with Gasteiger partial charge in [0.25, 0.3) is 5.69 Å². The van der Waals surface area contributed by atoms with Crippen molar-refractivity contribution in [1.82, 2.24) is 9.72 Å². The largest absolute Gasteiger partial charge is 0.454 e. The maximum absolute atomic E-state index is 12.6. The standard InChI is InChI=1S/C20H19N3O6/c1-11-8-16(14(4)22(11)19-9-12(2)29-21-19)18(24)10-28-20(25)15-6-5-7-17(13(15)3)23(26)27/h5-9H,10H2,1-4H3. The van der Waals surface area contributed by atoms with Gasteiger partial charge in [0, 0.05) is 34.6 Å². The summed E-state index contributed by atoms with van der Waals surface area (Å²) in [5, 5.41) is 15.0. The highest BCUT2D eigenvalue weighted by atomic mass is 16.6. The number of nitro groups is 1. The second-order valence-corrected chi connectivity index (χ2v) is 6.62. The van der Waals surface area contributed by atoms with E-state index in [0.29, 0.717) is 22.8 Å². The highest BCUT2D eigenvalue weighted by Gasteiger charge is 2.22. The van der Waals surface area contributed by atoms with Crippen molar-refractivity contribution in [2.75, 3.05) is 6.61 Å². The van der Waals surface area contributed by atoms with Gasteiger partial charge in [-0.2, -0.15) is 0 Å². The fourth-order valence-electron chi connectivity index (χ4n) is 3.19. The Hall–Kier alpha value is -3.75. The van der Waals surface area contributed by atoms with Gasteiger partial charge >= 0.3 is 5.97 Å². The van der Waals surface area contributed by atoms with E-state index in [9.17, 15) is 19.7 Å². The number of nitrogens with zero attached hydrogens (tertiary/aromatic N) is 3. The lowest BCUT2D eigenvalue weighted by Crippen LogP contribution is -2.16. The smallest absolute Gasteiger partial charge is 0.339 e. The fourth-order valence-corrected chi connectivity index (χ4v) is 3.19. The molecular weight excluding hydrogens is 378 g/mol. The summed E-state index contributed by atoms with van der Waals surface area (Å²) in [5.74, 6) is 0.0175. The highest BCUT2D eigenvalue weighted by molar-refractivity contribution is 6.01. The molecule has 0 aliphatic rings. The molecule has 9 nitrogen and oxygen atoms in total. The van der Waals surface area contributed by atoms with E-state index in [1.54, 1.807) is 30.5 Å². The maximum atomic E-state index is 12.6. The molecule has 29 heavy (non-hydrogen) atoms. The molecule has 3 aromatic rings. The normalized spacial score (nSPS) is 10.8. The van der Waals surface area contributed by atoms with E-state index >= 15 is 0 Å². The lowest BCUT2D eigenvalue weighted by atomic mass is 10.1. The summed E-state index contributed by atoms with van der Waals surface area (Å²) in [7, 11) is 0. The summed E-state index contributed by atoms with van der Waals surface area (Å²) in [6.45, 7) is 6.34. The lowest BCUT2D eigenvalue weighted by Gasteiger charge is -2.08. The Morgan fingerprint density at radius 3 is 2.52 bits per heavy atom. The number of ketones is 1. The van der Waals surface area contributed by atoms with Crippen molar-refractivity contribution >= 4 is 17.4 Å². The third-order valence-corrected chi connectivity index (χ3v) is 4.63. The van der Waals surface area contributed by atoms with Gasteiger partial charge < -0.3 is 9.26 Å². The predicted octanol–water partition coefficient (Wildman–Crippen LogP) is 3.65. The third kappa shape index (κ3) is 3.79. The number of ether oxygens (including phenoxy) is 1. The Labute approximate surface area is 166 Å². The first-order valence-corrected chi connectivity index (χ1v) is 8.77. The molecule has 0 bridgehead atoms. The van der Waals surface area contributed by atoms with Gasteiger partial charge in [0.05, 0.1) is 10.5 Å². The van der Waals surface area contributed by atoms with Crippen LogP contribution in [0.2, 0.25) is 0 Å². The Bertz CT molecular complexity index is 1130. The van der Waals surface area contributed by atoms with Gasteiger partial charge in [0.2, 0.25) is 5.78 Å². The maximum Gasteiger partial charge on any atom is 0.339 e. The van der Waals surface area contributed by atoms with Crippen molar-refractivity contribution in [3.8, 4) is 5.82 Å². The van der Waals surface area contributed by atoms with E-state index in [1.807, 2.05) is 6.92 Å².